The van der Waals surface area contributed by atoms with Crippen LogP contribution in [-0.2, 0) is 0 Å². The number of aryl methyl sites for hydroxylation is 1. The number of hydrogen-bond acceptors (Lipinski definition) is 3. The summed E-state index contributed by atoms with van der Waals surface area (Å²) in [4.78, 5) is 22.1. The van der Waals surface area contributed by atoms with Crippen LogP contribution in [0.3, 0.4) is 0 Å². The Labute approximate surface area is 193 Å². The Morgan fingerprint density at radius 2 is 1.62 bits per heavy atom. The molecule has 1 aliphatic rings. The van der Waals surface area contributed by atoms with Gasteiger partial charge in [0.25, 0.3) is 0 Å². The largest absolute Gasteiger partial charge is 0.369 e. The first-order valence-corrected chi connectivity index (χ1v) is 11.4. The van der Waals surface area contributed by atoms with Gasteiger partial charge in [0.05, 0.1) is 6.04 Å². The highest BCUT2D eigenvalue weighted by atomic mass is 35.5. The van der Waals surface area contributed by atoms with E-state index in [1.165, 1.54) is 0 Å². The molecular formula is C27H26ClN3O. The number of Topliss-reactive ketones (excluding diaryl/α,β-unsaturated/α-hetero) is 1. The summed E-state index contributed by atoms with van der Waals surface area (Å²) in [6.45, 7) is 5.30. The molecule has 1 aromatic heterocycles. The summed E-state index contributed by atoms with van der Waals surface area (Å²) in [7, 11) is 0. The van der Waals surface area contributed by atoms with E-state index in [1.807, 2.05) is 67.6 Å². The van der Waals surface area contributed by atoms with E-state index in [4.69, 9.17) is 11.6 Å². The number of carbonyl (C=O) groups is 1. The van der Waals surface area contributed by atoms with Crippen molar-refractivity contribution in [2.75, 3.05) is 31.1 Å². The van der Waals surface area contributed by atoms with Gasteiger partial charge in [0.1, 0.15) is 0 Å². The molecule has 0 spiro atoms. The first-order chi connectivity index (χ1) is 15.6. The fraction of sp³-hybridized carbons (Fsp3) is 0.222. The number of hydrogen-bond donors (Lipinski definition) is 1. The molecule has 4 aromatic rings. The van der Waals surface area contributed by atoms with Gasteiger partial charge in [0, 0.05) is 59.0 Å². The van der Waals surface area contributed by atoms with Crippen LogP contribution >= 0.6 is 11.6 Å². The zero-order valence-corrected chi connectivity index (χ0v) is 18.8. The highest BCUT2D eigenvalue weighted by Crippen LogP contribution is 2.32. The van der Waals surface area contributed by atoms with Crippen LogP contribution in [0.5, 0.6) is 0 Å². The average Bonchev–Trinajstić information content (AvgIpc) is 3.16. The number of anilines is 1. The molecule has 3 aromatic carbocycles. The van der Waals surface area contributed by atoms with Gasteiger partial charge in [-0.15, -0.1) is 0 Å². The Kier molecular flexibility index (Phi) is 5.73. The summed E-state index contributed by atoms with van der Waals surface area (Å²) in [5.41, 5.74) is 4.90. The lowest BCUT2D eigenvalue weighted by molar-refractivity contribution is 0.0807. The first kappa shape index (κ1) is 20.8. The van der Waals surface area contributed by atoms with Gasteiger partial charge in [-0.25, -0.2) is 0 Å². The molecule has 0 amide bonds. The van der Waals surface area contributed by atoms with Crippen molar-refractivity contribution in [2.45, 2.75) is 13.0 Å². The van der Waals surface area contributed by atoms with E-state index in [0.29, 0.717) is 0 Å². The molecule has 2 heterocycles. The topological polar surface area (TPSA) is 39.3 Å². The molecule has 5 rings (SSSR count). The van der Waals surface area contributed by atoms with Gasteiger partial charge in [0.2, 0.25) is 0 Å². The molecule has 162 valence electrons. The summed E-state index contributed by atoms with van der Waals surface area (Å²) in [6, 6.07) is 25.9. The van der Waals surface area contributed by atoms with Crippen LogP contribution in [0.4, 0.5) is 5.69 Å². The fourth-order valence-electron chi connectivity index (χ4n) is 4.81. The smallest absolute Gasteiger partial charge is 0.186 e. The van der Waals surface area contributed by atoms with E-state index in [1.54, 1.807) is 0 Å². The van der Waals surface area contributed by atoms with Crippen LogP contribution in [0, 0.1) is 6.92 Å². The number of halogens is 1. The predicted octanol–water partition coefficient (Wildman–Crippen LogP) is 5.88. The molecule has 4 nitrogen and oxygen atoms in total. The fourth-order valence-corrected chi connectivity index (χ4v) is 4.99. The molecule has 1 N–H and O–H groups in total. The molecular weight excluding hydrogens is 418 g/mol. The summed E-state index contributed by atoms with van der Waals surface area (Å²) in [5.74, 6) is 0.155. The Hall–Kier alpha value is -3.08. The molecule has 0 radical (unpaired) electrons. The number of aromatic amines is 1. The van der Waals surface area contributed by atoms with E-state index in [-0.39, 0.29) is 11.8 Å². The molecule has 0 saturated carbocycles. The maximum absolute atomic E-state index is 14.0. The molecule has 0 bridgehead atoms. The molecule has 1 saturated heterocycles. The van der Waals surface area contributed by atoms with Crippen LogP contribution in [0.1, 0.15) is 27.7 Å². The number of fused-ring (bicyclic) bond motifs is 1. The number of aromatic nitrogens is 1. The van der Waals surface area contributed by atoms with Gasteiger partial charge >= 0.3 is 0 Å². The molecule has 32 heavy (non-hydrogen) atoms. The molecule has 0 unspecified atom stereocenters. The SMILES string of the molecule is Cc1[nH]c2ccccc2c1C(=O)[C@@H](c1ccccc1)N1CCN(c2cccc(Cl)c2)CC1. The van der Waals surface area contributed by atoms with Crippen molar-refractivity contribution in [1.29, 1.82) is 0 Å². The van der Waals surface area contributed by atoms with Crippen LogP contribution in [0.15, 0.2) is 78.9 Å². The number of carbonyl (C=O) groups excluding carboxylic acids is 1. The summed E-state index contributed by atoms with van der Waals surface area (Å²) in [6.07, 6.45) is 0. The Bertz CT molecular complexity index is 1240. The van der Waals surface area contributed by atoms with E-state index in [9.17, 15) is 4.79 Å². The van der Waals surface area contributed by atoms with Gasteiger partial charge in [0.15, 0.2) is 5.78 Å². The zero-order chi connectivity index (χ0) is 22.1. The second-order valence-electron chi connectivity index (χ2n) is 8.35. The predicted molar refractivity (Wildman–Crippen MR) is 132 cm³/mol. The van der Waals surface area contributed by atoms with Crippen LogP contribution in [0.25, 0.3) is 10.9 Å². The third-order valence-electron chi connectivity index (χ3n) is 6.36. The van der Waals surface area contributed by atoms with E-state index in [0.717, 1.165) is 64.6 Å². The summed E-state index contributed by atoms with van der Waals surface area (Å²) < 4.78 is 0. The average molecular weight is 444 g/mol. The van der Waals surface area contributed by atoms with Crippen molar-refractivity contribution in [3.05, 3.63) is 101 Å². The molecule has 0 aliphatic carbocycles. The molecule has 1 atom stereocenters. The minimum atomic E-state index is -0.310. The minimum Gasteiger partial charge on any atom is -0.369 e. The second-order valence-corrected chi connectivity index (χ2v) is 8.79. The van der Waals surface area contributed by atoms with Gasteiger partial charge in [-0.1, -0.05) is 66.2 Å². The molecule has 5 heteroatoms. The van der Waals surface area contributed by atoms with Crippen molar-refractivity contribution in [1.82, 2.24) is 9.88 Å². The minimum absolute atomic E-state index is 0.155. The Morgan fingerprint density at radius 1 is 0.906 bits per heavy atom. The Balaban J connectivity index is 1.46. The van der Waals surface area contributed by atoms with Crippen molar-refractivity contribution < 1.29 is 4.79 Å². The van der Waals surface area contributed by atoms with Crippen LogP contribution in [0.2, 0.25) is 5.02 Å². The summed E-state index contributed by atoms with van der Waals surface area (Å²) >= 11 is 6.20. The van der Waals surface area contributed by atoms with Gasteiger partial charge in [-0.2, -0.15) is 0 Å². The maximum Gasteiger partial charge on any atom is 0.186 e. The monoisotopic (exact) mass is 443 g/mol. The highest BCUT2D eigenvalue weighted by Gasteiger charge is 2.33. The number of para-hydroxylation sites is 1. The van der Waals surface area contributed by atoms with Crippen molar-refractivity contribution in [2.24, 2.45) is 0 Å². The third-order valence-corrected chi connectivity index (χ3v) is 6.59. The van der Waals surface area contributed by atoms with E-state index in [2.05, 4.69) is 33.0 Å². The van der Waals surface area contributed by atoms with Gasteiger partial charge in [-0.3, -0.25) is 9.69 Å². The van der Waals surface area contributed by atoms with Crippen LogP contribution in [-0.4, -0.2) is 41.8 Å². The van der Waals surface area contributed by atoms with Gasteiger partial charge in [-0.05, 0) is 36.8 Å². The van der Waals surface area contributed by atoms with Crippen molar-refractivity contribution in [3.63, 3.8) is 0 Å². The normalized spacial score (nSPS) is 15.8. The number of ketones is 1. The highest BCUT2D eigenvalue weighted by molar-refractivity contribution is 6.30. The lowest BCUT2D eigenvalue weighted by atomic mass is 9.93. The standard InChI is InChI=1S/C27H26ClN3O/c1-19-25(23-12-5-6-13-24(23)29-19)27(32)26(20-8-3-2-4-9-20)31-16-14-30(15-17-31)22-11-7-10-21(28)18-22/h2-13,18,26,29H,14-17H2,1H3/t26-/m1/s1. The number of nitrogens with one attached hydrogen (secondary N) is 1. The van der Waals surface area contributed by atoms with Crippen molar-refractivity contribution >= 4 is 34.0 Å². The van der Waals surface area contributed by atoms with E-state index >= 15 is 0 Å². The third kappa shape index (κ3) is 3.92. The maximum atomic E-state index is 14.0. The number of H-pyrrole nitrogens is 1. The van der Waals surface area contributed by atoms with Gasteiger partial charge < -0.3 is 9.88 Å². The van der Waals surface area contributed by atoms with E-state index < -0.39 is 0 Å². The first-order valence-electron chi connectivity index (χ1n) is 11.0. The van der Waals surface area contributed by atoms with Crippen LogP contribution < -0.4 is 4.90 Å². The quantitative estimate of drug-likeness (QED) is 0.392. The number of piperazine rings is 1. The lowest BCUT2D eigenvalue weighted by Crippen LogP contribution is -2.49. The molecule has 1 fully saturated rings. The van der Waals surface area contributed by atoms with Crippen molar-refractivity contribution in [3.8, 4) is 0 Å². The molecule has 1 aliphatic heterocycles. The second kappa shape index (κ2) is 8.81. The number of rotatable bonds is 5. The number of nitrogens with zero attached hydrogens (tertiary/aromatic N) is 2. The number of benzene rings is 3. The lowest BCUT2D eigenvalue weighted by Gasteiger charge is -2.40. The summed E-state index contributed by atoms with van der Waals surface area (Å²) in [5, 5.41) is 1.74. The Morgan fingerprint density at radius 3 is 2.38 bits per heavy atom. The zero-order valence-electron chi connectivity index (χ0n) is 18.1.